The van der Waals surface area contributed by atoms with Gasteiger partial charge in [-0.1, -0.05) is 44.2 Å². The molecule has 0 aromatic heterocycles. The molecule has 1 nitrogen and oxygen atoms in total. The van der Waals surface area contributed by atoms with Crippen LogP contribution in [0, 0.1) is 5.92 Å². The molecule has 0 radical (unpaired) electrons. The Hall–Kier alpha value is -0.820. The molecule has 0 amide bonds. The maximum absolute atomic E-state index is 3.41. The first kappa shape index (κ1) is 13.2. The molecule has 90 valence electrons. The third-order valence-corrected chi connectivity index (χ3v) is 3.14. The Bertz CT molecular complexity index is 249. The first-order valence-electron chi connectivity index (χ1n) is 6.70. The van der Waals surface area contributed by atoms with Crippen LogP contribution in [0.25, 0.3) is 0 Å². The molecule has 1 aliphatic heterocycles. The van der Waals surface area contributed by atoms with Crippen molar-refractivity contribution in [3.05, 3.63) is 35.9 Å². The van der Waals surface area contributed by atoms with E-state index in [-0.39, 0.29) is 0 Å². The minimum atomic E-state index is 0.955. The average molecular weight is 219 g/mol. The number of piperidine rings is 1. The van der Waals surface area contributed by atoms with Gasteiger partial charge in [-0.15, -0.1) is 0 Å². The van der Waals surface area contributed by atoms with Crippen molar-refractivity contribution < 1.29 is 0 Å². The zero-order chi connectivity index (χ0) is 11.6. The van der Waals surface area contributed by atoms with Gasteiger partial charge in [0.15, 0.2) is 0 Å². The number of hydrogen-bond acceptors (Lipinski definition) is 1. The molecule has 2 rings (SSSR count). The molecule has 1 aliphatic rings. The Morgan fingerprint density at radius 3 is 2.31 bits per heavy atom. The number of rotatable bonds is 3. The molecule has 1 aromatic rings. The van der Waals surface area contributed by atoms with Gasteiger partial charge in [0.2, 0.25) is 0 Å². The van der Waals surface area contributed by atoms with Crippen LogP contribution >= 0.6 is 0 Å². The molecule has 0 aliphatic carbocycles. The Labute approximate surface area is 100 Å². The molecule has 0 bridgehead atoms. The Morgan fingerprint density at radius 1 is 1.06 bits per heavy atom. The molecule has 1 heterocycles. The van der Waals surface area contributed by atoms with Crippen LogP contribution in [-0.2, 0) is 6.42 Å². The molecule has 0 spiro atoms. The molecule has 1 heteroatoms. The predicted molar refractivity (Wildman–Crippen MR) is 71.7 cm³/mol. The Balaban J connectivity index is 0.000000606. The van der Waals surface area contributed by atoms with Gasteiger partial charge in [-0.2, -0.15) is 0 Å². The van der Waals surface area contributed by atoms with E-state index in [1.807, 2.05) is 13.8 Å². The quantitative estimate of drug-likeness (QED) is 0.818. The van der Waals surface area contributed by atoms with Crippen LogP contribution in [0.3, 0.4) is 0 Å². The summed E-state index contributed by atoms with van der Waals surface area (Å²) < 4.78 is 0. The summed E-state index contributed by atoms with van der Waals surface area (Å²) in [6.45, 7) is 6.44. The maximum atomic E-state index is 3.41. The lowest BCUT2D eigenvalue weighted by atomic mass is 9.91. The molecule has 0 saturated carbocycles. The van der Waals surface area contributed by atoms with Crippen molar-refractivity contribution in [1.29, 1.82) is 0 Å². The summed E-state index contributed by atoms with van der Waals surface area (Å²) in [5.74, 6) is 0.955. The number of hydrogen-bond donors (Lipinski definition) is 1. The minimum Gasteiger partial charge on any atom is -0.317 e. The van der Waals surface area contributed by atoms with E-state index in [4.69, 9.17) is 0 Å². The molecule has 0 atom stereocenters. The van der Waals surface area contributed by atoms with Crippen molar-refractivity contribution in [2.75, 3.05) is 13.1 Å². The summed E-state index contributed by atoms with van der Waals surface area (Å²) in [6, 6.07) is 10.8. The second-order valence-corrected chi connectivity index (χ2v) is 4.22. The summed E-state index contributed by atoms with van der Waals surface area (Å²) in [7, 11) is 0. The number of aryl methyl sites for hydroxylation is 1. The van der Waals surface area contributed by atoms with Gasteiger partial charge in [0.1, 0.15) is 0 Å². The van der Waals surface area contributed by atoms with Crippen molar-refractivity contribution in [2.24, 2.45) is 5.92 Å². The SMILES string of the molecule is CC.c1ccc(CCC2CCNCC2)cc1. The fourth-order valence-electron chi connectivity index (χ4n) is 2.19. The highest BCUT2D eigenvalue weighted by atomic mass is 14.9. The smallest absolute Gasteiger partial charge is 0.00463 e. The van der Waals surface area contributed by atoms with Crippen molar-refractivity contribution in [3.63, 3.8) is 0 Å². The first-order valence-corrected chi connectivity index (χ1v) is 6.70. The van der Waals surface area contributed by atoms with Crippen LogP contribution in [0.1, 0.15) is 38.7 Å². The van der Waals surface area contributed by atoms with Crippen LogP contribution < -0.4 is 5.32 Å². The third kappa shape index (κ3) is 4.80. The maximum Gasteiger partial charge on any atom is -0.00463 e. The van der Waals surface area contributed by atoms with Crippen molar-refractivity contribution in [3.8, 4) is 0 Å². The van der Waals surface area contributed by atoms with Crippen LogP contribution in [0.15, 0.2) is 30.3 Å². The highest BCUT2D eigenvalue weighted by molar-refractivity contribution is 5.14. The molecule has 1 saturated heterocycles. The van der Waals surface area contributed by atoms with Crippen molar-refractivity contribution in [2.45, 2.75) is 39.5 Å². The van der Waals surface area contributed by atoms with Gasteiger partial charge in [0, 0.05) is 0 Å². The summed E-state index contributed by atoms with van der Waals surface area (Å²) in [5, 5.41) is 3.41. The lowest BCUT2D eigenvalue weighted by Crippen LogP contribution is -2.27. The summed E-state index contributed by atoms with van der Waals surface area (Å²) >= 11 is 0. The molecular formula is C15H25N. The fourth-order valence-corrected chi connectivity index (χ4v) is 2.19. The van der Waals surface area contributed by atoms with Gasteiger partial charge in [0.25, 0.3) is 0 Å². The largest absolute Gasteiger partial charge is 0.317 e. The lowest BCUT2D eigenvalue weighted by molar-refractivity contribution is 0.354. The fraction of sp³-hybridized carbons (Fsp3) is 0.600. The van der Waals surface area contributed by atoms with E-state index in [1.54, 1.807) is 0 Å². The molecule has 16 heavy (non-hydrogen) atoms. The summed E-state index contributed by atoms with van der Waals surface area (Å²) in [6.07, 6.45) is 5.36. The van der Waals surface area contributed by atoms with E-state index >= 15 is 0 Å². The molecular weight excluding hydrogens is 194 g/mol. The van der Waals surface area contributed by atoms with Crippen LogP contribution in [0.2, 0.25) is 0 Å². The molecule has 1 fully saturated rings. The van der Waals surface area contributed by atoms with Crippen LogP contribution in [0.5, 0.6) is 0 Å². The van der Waals surface area contributed by atoms with Gasteiger partial charge < -0.3 is 5.32 Å². The van der Waals surface area contributed by atoms with Gasteiger partial charge in [0.05, 0.1) is 0 Å². The van der Waals surface area contributed by atoms with E-state index in [0.29, 0.717) is 0 Å². The second-order valence-electron chi connectivity index (χ2n) is 4.22. The monoisotopic (exact) mass is 219 g/mol. The molecule has 0 unspecified atom stereocenters. The topological polar surface area (TPSA) is 12.0 Å². The van der Waals surface area contributed by atoms with Crippen molar-refractivity contribution in [1.82, 2.24) is 5.32 Å². The average Bonchev–Trinajstić information content (AvgIpc) is 2.41. The van der Waals surface area contributed by atoms with Crippen molar-refractivity contribution >= 4 is 0 Å². The van der Waals surface area contributed by atoms with E-state index in [2.05, 4.69) is 35.6 Å². The minimum absolute atomic E-state index is 0.955. The normalized spacial score (nSPS) is 16.4. The van der Waals surface area contributed by atoms with Gasteiger partial charge in [-0.05, 0) is 50.3 Å². The summed E-state index contributed by atoms with van der Waals surface area (Å²) in [4.78, 5) is 0. The van der Waals surface area contributed by atoms with E-state index in [0.717, 1.165) is 5.92 Å². The second kappa shape index (κ2) is 8.35. The van der Waals surface area contributed by atoms with E-state index < -0.39 is 0 Å². The molecule has 1 aromatic carbocycles. The number of benzene rings is 1. The van der Waals surface area contributed by atoms with Gasteiger partial charge >= 0.3 is 0 Å². The Kier molecular flexibility index (Phi) is 6.91. The lowest BCUT2D eigenvalue weighted by Gasteiger charge is -2.22. The Morgan fingerprint density at radius 2 is 1.69 bits per heavy atom. The first-order chi connectivity index (χ1) is 7.95. The predicted octanol–water partition coefficient (Wildman–Crippen LogP) is 3.65. The van der Waals surface area contributed by atoms with Gasteiger partial charge in [-0.25, -0.2) is 0 Å². The van der Waals surface area contributed by atoms with Crippen LogP contribution in [-0.4, -0.2) is 13.1 Å². The summed E-state index contributed by atoms with van der Waals surface area (Å²) in [5.41, 5.74) is 1.49. The standard InChI is InChI=1S/C13H19N.C2H6/c1-2-4-12(5-3-1)6-7-13-8-10-14-11-9-13;1-2/h1-5,13-14H,6-11H2;1-2H3. The zero-order valence-electron chi connectivity index (χ0n) is 10.7. The van der Waals surface area contributed by atoms with E-state index in [9.17, 15) is 0 Å². The highest BCUT2D eigenvalue weighted by Crippen LogP contribution is 2.18. The van der Waals surface area contributed by atoms with Gasteiger partial charge in [-0.3, -0.25) is 0 Å². The highest BCUT2D eigenvalue weighted by Gasteiger charge is 2.12. The zero-order valence-corrected chi connectivity index (χ0v) is 10.7. The molecule has 1 N–H and O–H groups in total. The third-order valence-electron chi connectivity index (χ3n) is 3.14. The van der Waals surface area contributed by atoms with E-state index in [1.165, 1.54) is 44.3 Å². The number of nitrogens with one attached hydrogen (secondary N) is 1. The van der Waals surface area contributed by atoms with Crippen LogP contribution in [0.4, 0.5) is 0 Å².